The average Bonchev–Trinajstić information content (AvgIpc) is 3.06. The number of carbonyl (C=O) groups excluding carboxylic acids is 4. The highest BCUT2D eigenvalue weighted by atomic mass is 35.5. The number of benzene rings is 1. The molecular weight excluding hydrogens is 702 g/mol. The van der Waals surface area contributed by atoms with Crippen LogP contribution in [0.1, 0.15) is 58.9 Å². The predicted octanol–water partition coefficient (Wildman–Crippen LogP) is 4.62. The van der Waals surface area contributed by atoms with E-state index in [2.05, 4.69) is 5.32 Å². The standard InChI is InChI=1S/C36H50ClN3O10S/c1-21-11-10-12-28(47-8)36(45)18-27(48-33(44)38-36)22(2)34(4)20-35(50-34,49-32(43)23(3)39(5)29(41)13-14-51-9)19-30(42)40(6)25-16-24(15-21)17-26(46-7)31(25)37/h10-12,16-17,22-23,27-28,45H,13-15,18-20H2,1-9H3,(H,38,44)/b12-10+,21-11-/t22-,23-,27+,28-,34-,35-,36-/m1/s1. The third-order valence-corrected chi connectivity index (χ3v) is 11.1. The van der Waals surface area contributed by atoms with Crippen molar-refractivity contribution in [3.8, 4) is 5.75 Å². The molecule has 15 heteroatoms. The van der Waals surface area contributed by atoms with Crippen LogP contribution in [0.2, 0.25) is 5.02 Å². The van der Waals surface area contributed by atoms with Crippen molar-refractivity contribution in [3.63, 3.8) is 0 Å². The van der Waals surface area contributed by atoms with Crippen LogP contribution in [-0.2, 0) is 39.8 Å². The van der Waals surface area contributed by atoms with Gasteiger partial charge in [0.1, 0.15) is 29.0 Å². The Labute approximate surface area is 308 Å². The Balaban J connectivity index is 1.77. The molecule has 0 aliphatic carbocycles. The zero-order chi connectivity index (χ0) is 37.9. The lowest BCUT2D eigenvalue weighted by molar-refractivity contribution is -0.381. The quantitative estimate of drug-likeness (QED) is 0.358. The van der Waals surface area contributed by atoms with E-state index >= 15 is 0 Å². The lowest BCUT2D eigenvalue weighted by Gasteiger charge is -2.57. The van der Waals surface area contributed by atoms with E-state index < -0.39 is 59.3 Å². The second-order valence-corrected chi connectivity index (χ2v) is 15.2. The number of allylic oxidation sites excluding steroid dienone is 3. The Morgan fingerprint density at radius 1 is 1.27 bits per heavy atom. The van der Waals surface area contributed by atoms with E-state index in [1.165, 1.54) is 42.8 Å². The number of thioether (sulfide) groups is 1. The Kier molecular flexibility index (Phi) is 12.8. The number of fused-ring (bicyclic) bond motifs is 5. The van der Waals surface area contributed by atoms with Gasteiger partial charge in [0, 0.05) is 52.1 Å². The third kappa shape index (κ3) is 8.85. The smallest absolute Gasteiger partial charge is 0.409 e. The van der Waals surface area contributed by atoms with E-state index in [1.807, 2.05) is 19.3 Å². The van der Waals surface area contributed by atoms with Crippen LogP contribution in [0.5, 0.6) is 5.75 Å². The van der Waals surface area contributed by atoms with E-state index in [-0.39, 0.29) is 36.6 Å². The van der Waals surface area contributed by atoms with Crippen LogP contribution in [0.4, 0.5) is 10.5 Å². The first kappa shape index (κ1) is 40.5. The number of carbonyl (C=O) groups is 4. The number of halogens is 1. The molecule has 0 spiro atoms. The number of esters is 1. The van der Waals surface area contributed by atoms with Gasteiger partial charge in [-0.2, -0.15) is 11.8 Å². The average molecular weight is 752 g/mol. The number of anilines is 1. The van der Waals surface area contributed by atoms with Gasteiger partial charge >= 0.3 is 12.1 Å². The minimum Gasteiger partial charge on any atom is -0.495 e. The number of aliphatic hydroxyl groups is 1. The van der Waals surface area contributed by atoms with Crippen LogP contribution >= 0.6 is 23.4 Å². The number of amides is 3. The zero-order valence-corrected chi connectivity index (χ0v) is 32.3. The van der Waals surface area contributed by atoms with Crippen molar-refractivity contribution in [2.75, 3.05) is 45.2 Å². The van der Waals surface area contributed by atoms with Gasteiger partial charge in [0.2, 0.25) is 17.6 Å². The lowest BCUT2D eigenvalue weighted by atomic mass is 9.73. The molecule has 0 radical (unpaired) electrons. The lowest BCUT2D eigenvalue weighted by Crippen LogP contribution is -2.69. The minimum atomic E-state index is -1.83. The number of hydrogen-bond acceptors (Lipinski definition) is 11. The summed E-state index contributed by atoms with van der Waals surface area (Å²) in [5.74, 6) is -2.76. The molecule has 13 nitrogen and oxygen atoms in total. The highest BCUT2D eigenvalue weighted by Gasteiger charge is 2.63. The van der Waals surface area contributed by atoms with Gasteiger partial charge in [-0.1, -0.05) is 42.3 Å². The fourth-order valence-electron chi connectivity index (χ4n) is 6.76. The molecule has 5 rings (SSSR count). The van der Waals surface area contributed by atoms with E-state index in [1.54, 1.807) is 52.1 Å². The summed E-state index contributed by atoms with van der Waals surface area (Å²) in [6, 6.07) is 2.60. The number of likely N-dealkylation sites (N-methyl/N-ethyl adjacent to an activating group) is 1. The molecule has 2 fully saturated rings. The van der Waals surface area contributed by atoms with Crippen LogP contribution in [0.3, 0.4) is 0 Å². The van der Waals surface area contributed by atoms with Gasteiger partial charge in [-0.05, 0) is 51.1 Å². The van der Waals surface area contributed by atoms with E-state index in [4.69, 9.17) is 35.3 Å². The Hall–Kier alpha value is -3.30. The van der Waals surface area contributed by atoms with Gasteiger partial charge in [0.25, 0.3) is 0 Å². The first-order valence-corrected chi connectivity index (χ1v) is 18.6. The number of alkyl carbamates (subject to hydrolysis) is 1. The summed E-state index contributed by atoms with van der Waals surface area (Å²) in [5, 5.41) is 14.5. The Bertz CT molecular complexity index is 1560. The van der Waals surface area contributed by atoms with Crippen molar-refractivity contribution in [2.24, 2.45) is 5.92 Å². The number of methoxy groups -OCH3 is 2. The maximum Gasteiger partial charge on any atom is 0.409 e. The van der Waals surface area contributed by atoms with Crippen molar-refractivity contribution >= 4 is 52.9 Å². The molecule has 51 heavy (non-hydrogen) atoms. The summed E-state index contributed by atoms with van der Waals surface area (Å²) in [4.78, 5) is 56.0. The van der Waals surface area contributed by atoms with Crippen molar-refractivity contribution < 1.29 is 48.0 Å². The first-order chi connectivity index (χ1) is 23.9. The van der Waals surface area contributed by atoms with Gasteiger partial charge < -0.3 is 38.6 Å². The van der Waals surface area contributed by atoms with E-state index in [0.29, 0.717) is 23.6 Å². The fourth-order valence-corrected chi connectivity index (χ4v) is 7.45. The summed E-state index contributed by atoms with van der Waals surface area (Å²) in [5.41, 5.74) is -0.786. The number of nitrogens with one attached hydrogen (secondary N) is 1. The summed E-state index contributed by atoms with van der Waals surface area (Å²) in [7, 11) is 6.01. The fraction of sp³-hybridized carbons (Fsp3) is 0.611. The molecule has 0 unspecified atom stereocenters. The highest BCUT2D eigenvalue weighted by molar-refractivity contribution is 7.98. The Morgan fingerprint density at radius 2 is 1.96 bits per heavy atom. The molecule has 7 atom stereocenters. The van der Waals surface area contributed by atoms with Gasteiger partial charge in [-0.15, -0.1) is 0 Å². The van der Waals surface area contributed by atoms with E-state index in [9.17, 15) is 24.3 Å². The highest BCUT2D eigenvalue weighted by Crippen LogP contribution is 2.52. The van der Waals surface area contributed by atoms with Gasteiger partial charge in [0.15, 0.2) is 5.72 Å². The topological polar surface area (TPSA) is 153 Å². The summed E-state index contributed by atoms with van der Waals surface area (Å²) < 4.78 is 29.4. The van der Waals surface area contributed by atoms with Gasteiger partial charge in [0.05, 0.1) is 24.8 Å². The molecule has 0 aromatic heterocycles. The molecule has 4 aliphatic rings. The third-order valence-electron chi connectivity index (χ3n) is 10.1. The maximum atomic E-state index is 14.1. The largest absolute Gasteiger partial charge is 0.495 e. The van der Waals surface area contributed by atoms with Crippen LogP contribution in [0, 0.1) is 5.92 Å². The number of nitrogens with zero attached hydrogens (tertiary/aromatic N) is 2. The summed E-state index contributed by atoms with van der Waals surface area (Å²) >= 11 is 8.26. The van der Waals surface area contributed by atoms with Gasteiger partial charge in [-0.3, -0.25) is 14.9 Å². The first-order valence-electron chi connectivity index (χ1n) is 16.8. The SMILES string of the molecule is COc1cc2cc(c1Cl)N(C)C(=O)C[C@]1(OC(=O)[C@@H](C)N(C)C(=O)CCSC)C[C@@](C)(O1)[C@H](C)[C@@H]1C[C@](O)(NC(=O)O1)[C@H](OC)/C=C/C=C(/C)C2. The maximum absolute atomic E-state index is 14.1. The molecule has 1 aromatic carbocycles. The molecule has 282 valence electrons. The summed E-state index contributed by atoms with van der Waals surface area (Å²) in [6.07, 6.45) is 4.83. The Morgan fingerprint density at radius 3 is 2.59 bits per heavy atom. The second-order valence-electron chi connectivity index (χ2n) is 13.8. The van der Waals surface area contributed by atoms with Crippen LogP contribution < -0.4 is 15.0 Å². The van der Waals surface area contributed by atoms with Crippen LogP contribution in [0.25, 0.3) is 0 Å². The number of hydrogen-bond donors (Lipinski definition) is 2. The monoisotopic (exact) mass is 751 g/mol. The molecular formula is C36H50ClN3O10S. The second kappa shape index (κ2) is 16.2. The molecule has 4 aliphatic heterocycles. The molecule has 1 aromatic rings. The van der Waals surface area contributed by atoms with Crippen molar-refractivity contribution in [1.82, 2.24) is 10.2 Å². The van der Waals surface area contributed by atoms with Crippen molar-refractivity contribution in [2.45, 2.75) is 95.2 Å². The summed E-state index contributed by atoms with van der Waals surface area (Å²) in [6.45, 7) is 7.04. The number of rotatable bonds is 8. The molecule has 4 heterocycles. The van der Waals surface area contributed by atoms with Gasteiger partial charge in [-0.25, -0.2) is 9.59 Å². The predicted molar refractivity (Wildman–Crippen MR) is 194 cm³/mol. The van der Waals surface area contributed by atoms with E-state index in [0.717, 1.165) is 11.1 Å². The van der Waals surface area contributed by atoms with Crippen molar-refractivity contribution in [3.05, 3.63) is 46.5 Å². The zero-order valence-electron chi connectivity index (χ0n) is 30.7. The molecule has 6 bridgehead atoms. The molecule has 3 amide bonds. The number of ether oxygens (including phenoxy) is 5. The molecule has 2 N–H and O–H groups in total. The molecule has 0 saturated carbocycles. The minimum absolute atomic E-state index is 0.0388. The normalized spacial score (nSPS) is 31.9. The molecule has 2 saturated heterocycles. The van der Waals surface area contributed by atoms with Crippen molar-refractivity contribution in [1.29, 1.82) is 0 Å². The van der Waals surface area contributed by atoms with Crippen LogP contribution in [-0.4, -0.2) is 110 Å². The van der Waals surface area contributed by atoms with Crippen LogP contribution in [0.15, 0.2) is 35.9 Å².